The fraction of sp³-hybridized carbons (Fsp3) is 0.214. The van der Waals surface area contributed by atoms with Gasteiger partial charge in [-0.05, 0) is 23.6 Å². The number of hydrogen-bond donors (Lipinski definition) is 2. The van der Waals surface area contributed by atoms with Gasteiger partial charge in [0.05, 0.1) is 0 Å². The van der Waals surface area contributed by atoms with Gasteiger partial charge in [-0.25, -0.2) is 9.97 Å². The lowest BCUT2D eigenvalue weighted by atomic mass is 10.0. The summed E-state index contributed by atoms with van der Waals surface area (Å²) in [5.41, 5.74) is 8.35. The van der Waals surface area contributed by atoms with Crippen LogP contribution in [0.25, 0.3) is 0 Å². The van der Waals surface area contributed by atoms with E-state index < -0.39 is 0 Å². The number of thiocarbonyl (C=S) groups is 1. The van der Waals surface area contributed by atoms with Crippen LogP contribution in [0.3, 0.4) is 0 Å². The molecule has 3 N–H and O–H groups in total. The second-order valence-corrected chi connectivity index (χ2v) is 4.96. The summed E-state index contributed by atoms with van der Waals surface area (Å²) in [6.07, 6.45) is 3.17. The van der Waals surface area contributed by atoms with Gasteiger partial charge in [-0.3, -0.25) is 0 Å². The summed E-state index contributed by atoms with van der Waals surface area (Å²) < 4.78 is 0. The van der Waals surface area contributed by atoms with E-state index in [1.54, 1.807) is 12.4 Å². The Kier molecular flexibility index (Phi) is 4.06. The van der Waals surface area contributed by atoms with E-state index in [1.165, 1.54) is 5.56 Å². The van der Waals surface area contributed by atoms with Crippen molar-refractivity contribution in [2.75, 3.05) is 5.32 Å². The summed E-state index contributed by atoms with van der Waals surface area (Å²) in [5.74, 6) is 1.09. The Morgan fingerprint density at radius 2 is 1.79 bits per heavy atom. The second-order valence-electron chi connectivity index (χ2n) is 4.52. The minimum Gasteiger partial charge on any atom is -0.388 e. The first-order valence-corrected chi connectivity index (χ1v) is 6.46. The van der Waals surface area contributed by atoms with E-state index in [-0.39, 0.29) is 4.99 Å². The van der Waals surface area contributed by atoms with Gasteiger partial charge in [0.15, 0.2) is 5.82 Å². The molecular formula is C14H16N4S. The zero-order valence-corrected chi connectivity index (χ0v) is 11.7. The maximum absolute atomic E-state index is 5.62. The highest BCUT2D eigenvalue weighted by atomic mass is 32.1. The van der Waals surface area contributed by atoms with Gasteiger partial charge in [0.1, 0.15) is 10.7 Å². The molecule has 19 heavy (non-hydrogen) atoms. The third-order valence-electron chi connectivity index (χ3n) is 2.77. The highest BCUT2D eigenvalue weighted by Crippen LogP contribution is 2.20. The Bertz CT molecular complexity index is 578. The maximum atomic E-state index is 5.62. The molecule has 0 aliphatic carbocycles. The second kappa shape index (κ2) is 5.75. The summed E-state index contributed by atoms with van der Waals surface area (Å²) in [5, 5.41) is 3.18. The number of anilines is 2. The number of hydrogen-bond acceptors (Lipinski definition) is 4. The fourth-order valence-corrected chi connectivity index (χ4v) is 1.85. The van der Waals surface area contributed by atoms with Gasteiger partial charge < -0.3 is 11.1 Å². The molecule has 0 saturated carbocycles. The van der Waals surface area contributed by atoms with E-state index in [0.29, 0.717) is 17.4 Å². The van der Waals surface area contributed by atoms with Gasteiger partial charge >= 0.3 is 0 Å². The Labute approximate surface area is 118 Å². The molecule has 0 aliphatic heterocycles. The third kappa shape index (κ3) is 3.26. The molecule has 2 aromatic rings. The highest BCUT2D eigenvalue weighted by Gasteiger charge is 2.08. The molecule has 0 saturated heterocycles. The Hall–Kier alpha value is -2.01. The molecule has 1 aromatic carbocycles. The summed E-state index contributed by atoms with van der Waals surface area (Å²) in [7, 11) is 0. The summed E-state index contributed by atoms with van der Waals surface area (Å²) >= 11 is 4.96. The van der Waals surface area contributed by atoms with Gasteiger partial charge in [0.2, 0.25) is 0 Å². The van der Waals surface area contributed by atoms with Crippen LogP contribution in [0.1, 0.15) is 31.0 Å². The van der Waals surface area contributed by atoms with Crippen LogP contribution in [0.4, 0.5) is 11.5 Å². The molecule has 0 aliphatic rings. The van der Waals surface area contributed by atoms with Crippen molar-refractivity contribution in [3.05, 3.63) is 47.9 Å². The molecule has 0 radical (unpaired) electrons. The molecule has 0 spiro atoms. The first kappa shape index (κ1) is 13.4. The van der Waals surface area contributed by atoms with Crippen molar-refractivity contribution in [1.82, 2.24) is 9.97 Å². The van der Waals surface area contributed by atoms with Crippen molar-refractivity contribution in [1.29, 1.82) is 0 Å². The first-order valence-electron chi connectivity index (χ1n) is 6.05. The Morgan fingerprint density at radius 3 is 2.37 bits per heavy atom. The number of nitrogens with zero attached hydrogens (tertiary/aromatic N) is 2. The topological polar surface area (TPSA) is 63.8 Å². The smallest absolute Gasteiger partial charge is 0.159 e. The summed E-state index contributed by atoms with van der Waals surface area (Å²) in [4.78, 5) is 8.57. The van der Waals surface area contributed by atoms with Gasteiger partial charge in [-0.1, -0.05) is 38.2 Å². The molecule has 0 atom stereocenters. The van der Waals surface area contributed by atoms with Crippen LogP contribution in [0.2, 0.25) is 0 Å². The van der Waals surface area contributed by atoms with Crippen LogP contribution in [0, 0.1) is 0 Å². The largest absolute Gasteiger partial charge is 0.388 e. The molecule has 98 valence electrons. The molecule has 4 nitrogen and oxygen atoms in total. The van der Waals surface area contributed by atoms with Crippen LogP contribution < -0.4 is 11.1 Å². The lowest BCUT2D eigenvalue weighted by Gasteiger charge is -2.10. The number of aromatic nitrogens is 2. The standard InChI is InChI=1S/C14H16N4S/c1-9(2)10-3-5-11(6-4-10)18-14-12(13(15)19)16-7-8-17-14/h3-9H,1-2H3,(H2,15,19)(H,17,18). The minimum atomic E-state index is 0.231. The lowest BCUT2D eigenvalue weighted by Crippen LogP contribution is -2.14. The van der Waals surface area contributed by atoms with Gasteiger partial charge in [-0.2, -0.15) is 0 Å². The SMILES string of the molecule is CC(C)c1ccc(Nc2nccnc2C(N)=S)cc1. The van der Waals surface area contributed by atoms with Crippen molar-refractivity contribution in [2.24, 2.45) is 5.73 Å². The van der Waals surface area contributed by atoms with E-state index in [4.69, 9.17) is 18.0 Å². The van der Waals surface area contributed by atoms with E-state index >= 15 is 0 Å². The number of nitrogens with two attached hydrogens (primary N) is 1. The molecule has 1 aromatic heterocycles. The molecule has 5 heteroatoms. The van der Waals surface area contributed by atoms with E-state index in [0.717, 1.165) is 5.69 Å². The van der Waals surface area contributed by atoms with Crippen molar-refractivity contribution in [3.8, 4) is 0 Å². The summed E-state index contributed by atoms with van der Waals surface area (Å²) in [6, 6.07) is 8.19. The zero-order chi connectivity index (χ0) is 13.8. The highest BCUT2D eigenvalue weighted by molar-refractivity contribution is 7.80. The monoisotopic (exact) mass is 272 g/mol. The zero-order valence-electron chi connectivity index (χ0n) is 10.9. The van der Waals surface area contributed by atoms with E-state index in [1.807, 2.05) is 12.1 Å². The van der Waals surface area contributed by atoms with Crippen LogP contribution in [-0.4, -0.2) is 15.0 Å². The van der Waals surface area contributed by atoms with Gasteiger partial charge in [0.25, 0.3) is 0 Å². The van der Waals surface area contributed by atoms with Crippen LogP contribution >= 0.6 is 12.2 Å². The Balaban J connectivity index is 2.24. The predicted molar refractivity (Wildman–Crippen MR) is 81.7 cm³/mol. The molecule has 0 bridgehead atoms. The van der Waals surface area contributed by atoms with E-state index in [9.17, 15) is 0 Å². The molecule has 1 heterocycles. The minimum absolute atomic E-state index is 0.231. The van der Waals surface area contributed by atoms with Gasteiger partial charge in [-0.15, -0.1) is 0 Å². The van der Waals surface area contributed by atoms with E-state index in [2.05, 4.69) is 41.3 Å². The van der Waals surface area contributed by atoms with Crippen molar-refractivity contribution in [3.63, 3.8) is 0 Å². The van der Waals surface area contributed by atoms with Crippen LogP contribution in [0.15, 0.2) is 36.7 Å². The average Bonchev–Trinajstić information content (AvgIpc) is 2.39. The summed E-state index contributed by atoms with van der Waals surface area (Å²) in [6.45, 7) is 4.33. The quantitative estimate of drug-likeness (QED) is 0.838. The predicted octanol–water partition coefficient (Wildman–Crippen LogP) is 2.98. The fourth-order valence-electron chi connectivity index (χ4n) is 1.70. The molecule has 0 fully saturated rings. The van der Waals surface area contributed by atoms with Crippen LogP contribution in [-0.2, 0) is 0 Å². The third-order valence-corrected chi connectivity index (χ3v) is 2.97. The van der Waals surface area contributed by atoms with Crippen LogP contribution in [0.5, 0.6) is 0 Å². The Morgan fingerprint density at radius 1 is 1.16 bits per heavy atom. The molecule has 0 amide bonds. The number of rotatable bonds is 4. The molecular weight excluding hydrogens is 256 g/mol. The van der Waals surface area contributed by atoms with Crippen molar-refractivity contribution in [2.45, 2.75) is 19.8 Å². The van der Waals surface area contributed by atoms with Crippen molar-refractivity contribution < 1.29 is 0 Å². The van der Waals surface area contributed by atoms with Crippen molar-refractivity contribution >= 4 is 28.7 Å². The number of benzene rings is 1. The molecule has 0 unspecified atom stereocenters. The van der Waals surface area contributed by atoms with Gasteiger partial charge in [0, 0.05) is 18.1 Å². The lowest BCUT2D eigenvalue weighted by molar-refractivity contribution is 0.867. The number of nitrogens with one attached hydrogen (secondary N) is 1. The average molecular weight is 272 g/mol. The maximum Gasteiger partial charge on any atom is 0.159 e. The molecule has 2 rings (SSSR count). The normalized spacial score (nSPS) is 10.5. The first-order chi connectivity index (χ1) is 9.08.